The van der Waals surface area contributed by atoms with E-state index in [4.69, 9.17) is 4.74 Å². The molecule has 2 atom stereocenters. The molecule has 0 saturated heterocycles. The van der Waals surface area contributed by atoms with Crippen LogP contribution in [0, 0.1) is 5.92 Å². The Bertz CT molecular complexity index is 614. The van der Waals surface area contributed by atoms with Gasteiger partial charge >= 0.3 is 12.1 Å². The Morgan fingerprint density at radius 2 is 1.75 bits per heavy atom. The van der Waals surface area contributed by atoms with Gasteiger partial charge in [0, 0.05) is 13.6 Å². The highest BCUT2D eigenvalue weighted by Gasteiger charge is 2.28. The number of aliphatic hydroxyl groups excluding tert-OH is 1. The molecule has 0 spiro atoms. The van der Waals surface area contributed by atoms with Crippen LogP contribution in [0.25, 0.3) is 0 Å². The minimum atomic E-state index is -0.955. The molecule has 0 heterocycles. The second-order valence-corrected chi connectivity index (χ2v) is 8.36. The highest BCUT2D eigenvalue weighted by molar-refractivity contribution is 5.74. The Balaban J connectivity index is 2.94. The van der Waals surface area contributed by atoms with Crippen molar-refractivity contribution < 1.29 is 19.4 Å². The van der Waals surface area contributed by atoms with Gasteiger partial charge in [-0.15, -0.1) is 0 Å². The fraction of sp³-hybridized carbons (Fsp3) is 0.619. The Morgan fingerprint density at radius 1 is 1.14 bits per heavy atom. The van der Waals surface area contributed by atoms with Crippen molar-refractivity contribution in [2.45, 2.75) is 58.8 Å². The zero-order chi connectivity index (χ0) is 21.3. The van der Waals surface area contributed by atoms with E-state index in [0.717, 1.165) is 5.56 Å². The van der Waals surface area contributed by atoms with Crippen molar-refractivity contribution in [1.29, 1.82) is 0 Å². The van der Waals surface area contributed by atoms with Crippen LogP contribution in [-0.2, 0) is 11.2 Å². The number of rotatable bonds is 8. The van der Waals surface area contributed by atoms with Crippen LogP contribution in [0.1, 0.15) is 40.2 Å². The number of benzene rings is 1. The van der Waals surface area contributed by atoms with Crippen LogP contribution < -0.4 is 10.6 Å². The van der Waals surface area contributed by atoms with Gasteiger partial charge in [-0.2, -0.15) is 0 Å². The van der Waals surface area contributed by atoms with E-state index in [9.17, 15) is 14.7 Å². The predicted octanol–water partition coefficient (Wildman–Crippen LogP) is 2.78. The molecule has 1 aromatic carbocycles. The molecule has 0 aromatic heterocycles. The number of carbonyl (C=O) groups excluding carboxylic acids is 2. The second kappa shape index (κ2) is 10.9. The minimum Gasteiger partial charge on any atom is -0.444 e. The topological polar surface area (TPSA) is 90.9 Å². The Kier molecular flexibility index (Phi) is 9.25. The van der Waals surface area contributed by atoms with Gasteiger partial charge in [-0.3, -0.25) is 0 Å². The third-order valence-corrected chi connectivity index (χ3v) is 3.96. The smallest absolute Gasteiger partial charge is 0.407 e. The molecule has 0 aliphatic rings. The zero-order valence-corrected chi connectivity index (χ0v) is 17.9. The maximum absolute atomic E-state index is 12.3. The largest absolute Gasteiger partial charge is 0.444 e. The molecule has 0 saturated carbocycles. The van der Waals surface area contributed by atoms with Gasteiger partial charge in [0.2, 0.25) is 0 Å². The molecule has 0 fully saturated rings. The first-order chi connectivity index (χ1) is 13.0. The molecule has 7 heteroatoms. The van der Waals surface area contributed by atoms with E-state index >= 15 is 0 Å². The molecule has 7 nitrogen and oxygen atoms in total. The lowest BCUT2D eigenvalue weighted by atomic mass is 10.0. The molecule has 3 amide bonds. The Hall–Kier alpha value is -2.28. The number of hydrogen-bond acceptors (Lipinski definition) is 4. The monoisotopic (exact) mass is 393 g/mol. The lowest BCUT2D eigenvalue weighted by molar-refractivity contribution is 0.0382. The van der Waals surface area contributed by atoms with Gasteiger partial charge < -0.3 is 25.4 Å². The quantitative estimate of drug-likeness (QED) is 0.633. The summed E-state index contributed by atoms with van der Waals surface area (Å²) in [5.74, 6) is 0.246. The fourth-order valence-electron chi connectivity index (χ4n) is 2.80. The van der Waals surface area contributed by atoms with E-state index in [1.165, 1.54) is 0 Å². The van der Waals surface area contributed by atoms with Gasteiger partial charge in [0.15, 0.2) is 0 Å². The first kappa shape index (κ1) is 23.8. The van der Waals surface area contributed by atoms with E-state index in [0.29, 0.717) is 13.0 Å². The number of nitrogens with one attached hydrogen (secondary N) is 2. The van der Waals surface area contributed by atoms with Gasteiger partial charge in [-0.1, -0.05) is 44.2 Å². The van der Waals surface area contributed by atoms with Crippen molar-refractivity contribution >= 4 is 12.1 Å². The van der Waals surface area contributed by atoms with Gasteiger partial charge in [0.05, 0.1) is 18.7 Å². The number of aliphatic hydroxyl groups is 1. The maximum Gasteiger partial charge on any atom is 0.407 e. The summed E-state index contributed by atoms with van der Waals surface area (Å²) in [4.78, 5) is 26.0. The molecule has 1 aromatic rings. The third-order valence-electron chi connectivity index (χ3n) is 3.96. The number of hydrogen-bond donors (Lipinski definition) is 3. The summed E-state index contributed by atoms with van der Waals surface area (Å²) in [6.45, 7) is 9.96. The SMILES string of the molecule is CNC(=O)N(CC(C)C)C[C@H](O)[C@H](Cc1ccccc1)NC(=O)OC(C)(C)C. The molecule has 0 aliphatic carbocycles. The van der Waals surface area contributed by atoms with Crippen LogP contribution in [0.2, 0.25) is 0 Å². The average molecular weight is 394 g/mol. The van der Waals surface area contributed by atoms with E-state index in [1.54, 1.807) is 32.7 Å². The Labute approximate surface area is 168 Å². The summed E-state index contributed by atoms with van der Waals surface area (Å²) in [5.41, 5.74) is 0.330. The van der Waals surface area contributed by atoms with Crippen LogP contribution in [0.4, 0.5) is 9.59 Å². The molecule has 28 heavy (non-hydrogen) atoms. The number of ether oxygens (including phenoxy) is 1. The van der Waals surface area contributed by atoms with Crippen molar-refractivity contribution in [2.24, 2.45) is 5.92 Å². The predicted molar refractivity (Wildman–Crippen MR) is 110 cm³/mol. The lowest BCUT2D eigenvalue weighted by Gasteiger charge is -2.31. The van der Waals surface area contributed by atoms with Crippen molar-refractivity contribution in [3.05, 3.63) is 35.9 Å². The molecule has 3 N–H and O–H groups in total. The fourth-order valence-corrected chi connectivity index (χ4v) is 2.80. The van der Waals surface area contributed by atoms with Crippen LogP contribution in [0.3, 0.4) is 0 Å². The summed E-state index contributed by atoms with van der Waals surface area (Å²) in [6, 6.07) is 8.72. The van der Waals surface area contributed by atoms with Crippen molar-refractivity contribution in [3.63, 3.8) is 0 Å². The van der Waals surface area contributed by atoms with Crippen molar-refractivity contribution in [3.8, 4) is 0 Å². The van der Waals surface area contributed by atoms with Crippen molar-refractivity contribution in [2.75, 3.05) is 20.1 Å². The maximum atomic E-state index is 12.3. The normalized spacial score (nSPS) is 13.6. The highest BCUT2D eigenvalue weighted by Crippen LogP contribution is 2.12. The Morgan fingerprint density at radius 3 is 2.25 bits per heavy atom. The van der Waals surface area contributed by atoms with Crippen LogP contribution in [0.15, 0.2) is 30.3 Å². The molecule has 0 bridgehead atoms. The average Bonchev–Trinajstić information content (AvgIpc) is 2.58. The summed E-state index contributed by atoms with van der Waals surface area (Å²) in [5, 5.41) is 16.2. The van der Waals surface area contributed by atoms with E-state index in [2.05, 4.69) is 10.6 Å². The molecule has 0 unspecified atom stereocenters. The molecule has 158 valence electrons. The summed E-state index contributed by atoms with van der Waals surface area (Å²) >= 11 is 0. The van der Waals surface area contributed by atoms with E-state index < -0.39 is 23.8 Å². The molecular formula is C21H35N3O4. The second-order valence-electron chi connectivity index (χ2n) is 8.36. The number of urea groups is 1. The lowest BCUT2D eigenvalue weighted by Crippen LogP contribution is -2.53. The summed E-state index contributed by atoms with van der Waals surface area (Å²) in [7, 11) is 1.56. The number of carbonyl (C=O) groups is 2. The number of amides is 3. The van der Waals surface area contributed by atoms with E-state index in [1.807, 2.05) is 44.2 Å². The molecule has 0 aliphatic heterocycles. The minimum absolute atomic E-state index is 0.102. The van der Waals surface area contributed by atoms with Gasteiger partial charge in [-0.05, 0) is 38.7 Å². The number of alkyl carbamates (subject to hydrolysis) is 1. The van der Waals surface area contributed by atoms with Crippen molar-refractivity contribution in [1.82, 2.24) is 15.5 Å². The zero-order valence-electron chi connectivity index (χ0n) is 17.9. The molecular weight excluding hydrogens is 358 g/mol. The molecule has 0 radical (unpaired) electrons. The highest BCUT2D eigenvalue weighted by atomic mass is 16.6. The third kappa shape index (κ3) is 9.08. The van der Waals surface area contributed by atoms with Gasteiger partial charge in [0.1, 0.15) is 5.60 Å². The van der Waals surface area contributed by atoms with Gasteiger partial charge in [-0.25, -0.2) is 9.59 Å². The van der Waals surface area contributed by atoms with E-state index in [-0.39, 0.29) is 18.5 Å². The van der Waals surface area contributed by atoms with Crippen LogP contribution in [0.5, 0.6) is 0 Å². The van der Waals surface area contributed by atoms with Crippen LogP contribution in [-0.4, -0.2) is 60.0 Å². The molecule has 1 rings (SSSR count). The summed E-state index contributed by atoms with van der Waals surface area (Å²) in [6.07, 6.45) is -1.13. The standard InChI is InChI=1S/C21H35N3O4/c1-15(2)13-24(19(26)22-6)14-18(25)17(12-16-10-8-7-9-11-16)23-20(27)28-21(3,4)5/h7-11,15,17-18,25H,12-14H2,1-6H3,(H,22,26)(H,23,27)/t17-,18-/m0/s1. The summed E-state index contributed by atoms with van der Waals surface area (Å²) < 4.78 is 5.34. The number of nitrogens with zero attached hydrogens (tertiary/aromatic N) is 1. The van der Waals surface area contributed by atoms with Crippen LogP contribution >= 0.6 is 0 Å². The van der Waals surface area contributed by atoms with Gasteiger partial charge in [0.25, 0.3) is 0 Å². The first-order valence-corrected chi connectivity index (χ1v) is 9.70. The first-order valence-electron chi connectivity index (χ1n) is 9.70.